The predicted molar refractivity (Wildman–Crippen MR) is 49.9 cm³/mol. The van der Waals surface area contributed by atoms with Crippen LogP contribution in [0, 0.1) is 0 Å². The summed E-state index contributed by atoms with van der Waals surface area (Å²) in [4.78, 5) is 11.1. The van der Waals surface area contributed by atoms with Crippen LogP contribution in [-0.4, -0.2) is 20.5 Å². The molecule has 0 spiro atoms. The molecule has 0 radical (unpaired) electrons. The molecular weight excluding hydrogens is 188 g/mol. The van der Waals surface area contributed by atoms with Crippen LogP contribution in [0.15, 0.2) is 35.2 Å². The topological polar surface area (TPSA) is 54.4 Å². The Hall–Kier alpha value is -1.16. The standard InChI is InChI=1S/C9H10O3S/c1-7(9(10)11)13(12)8-5-3-2-4-6-8/h2-7H,1H3,(H,10,11). The summed E-state index contributed by atoms with van der Waals surface area (Å²) in [6, 6.07) is 8.60. The molecule has 4 heteroatoms. The van der Waals surface area contributed by atoms with Crippen LogP contribution < -0.4 is 0 Å². The second-order valence-electron chi connectivity index (χ2n) is 2.59. The molecule has 0 aromatic heterocycles. The van der Waals surface area contributed by atoms with E-state index in [-0.39, 0.29) is 0 Å². The van der Waals surface area contributed by atoms with Crippen molar-refractivity contribution in [3.63, 3.8) is 0 Å². The molecule has 2 unspecified atom stereocenters. The number of benzene rings is 1. The SMILES string of the molecule is CC(C(=O)O)S(=O)c1ccccc1. The first-order valence-electron chi connectivity index (χ1n) is 3.81. The van der Waals surface area contributed by atoms with Gasteiger partial charge in [0.1, 0.15) is 5.25 Å². The van der Waals surface area contributed by atoms with E-state index in [0.29, 0.717) is 4.90 Å². The normalized spacial score (nSPS) is 14.8. The number of carboxylic acid groups (broad SMARTS) is 1. The fourth-order valence-electron chi connectivity index (χ4n) is 0.850. The van der Waals surface area contributed by atoms with Crippen LogP contribution in [0.2, 0.25) is 0 Å². The summed E-state index contributed by atoms with van der Waals surface area (Å²) < 4.78 is 11.5. The molecular formula is C9H10O3S. The van der Waals surface area contributed by atoms with E-state index in [9.17, 15) is 9.00 Å². The van der Waals surface area contributed by atoms with Gasteiger partial charge in [-0.1, -0.05) is 18.2 Å². The summed E-state index contributed by atoms with van der Waals surface area (Å²) >= 11 is 0. The first-order valence-corrected chi connectivity index (χ1v) is 5.02. The highest BCUT2D eigenvalue weighted by molar-refractivity contribution is 7.86. The molecule has 70 valence electrons. The van der Waals surface area contributed by atoms with Crippen LogP contribution in [0.25, 0.3) is 0 Å². The van der Waals surface area contributed by atoms with E-state index < -0.39 is 22.0 Å². The number of carbonyl (C=O) groups is 1. The van der Waals surface area contributed by atoms with E-state index >= 15 is 0 Å². The molecule has 1 N–H and O–H groups in total. The van der Waals surface area contributed by atoms with Crippen molar-refractivity contribution in [2.24, 2.45) is 0 Å². The maximum absolute atomic E-state index is 11.5. The van der Waals surface area contributed by atoms with Crippen molar-refractivity contribution in [2.75, 3.05) is 0 Å². The summed E-state index contributed by atoms with van der Waals surface area (Å²) in [6.45, 7) is 1.44. The maximum atomic E-state index is 11.5. The van der Waals surface area contributed by atoms with E-state index in [4.69, 9.17) is 5.11 Å². The number of carboxylic acids is 1. The molecule has 2 atom stereocenters. The van der Waals surface area contributed by atoms with Gasteiger partial charge in [-0.25, -0.2) is 0 Å². The van der Waals surface area contributed by atoms with E-state index in [2.05, 4.69) is 0 Å². The smallest absolute Gasteiger partial charge is 0.319 e. The Morgan fingerprint density at radius 2 is 1.92 bits per heavy atom. The van der Waals surface area contributed by atoms with Crippen molar-refractivity contribution < 1.29 is 14.1 Å². The van der Waals surface area contributed by atoms with Crippen molar-refractivity contribution in [3.05, 3.63) is 30.3 Å². The first kappa shape index (κ1) is 9.92. The Kier molecular flexibility index (Phi) is 3.19. The Morgan fingerprint density at radius 1 is 1.38 bits per heavy atom. The third-order valence-electron chi connectivity index (χ3n) is 1.64. The molecule has 1 aromatic rings. The van der Waals surface area contributed by atoms with Crippen molar-refractivity contribution in [1.29, 1.82) is 0 Å². The zero-order valence-electron chi connectivity index (χ0n) is 7.14. The summed E-state index contributed by atoms with van der Waals surface area (Å²) in [5.74, 6) is -1.04. The third kappa shape index (κ3) is 2.39. The minimum absolute atomic E-state index is 0.553. The number of hydrogen-bond acceptors (Lipinski definition) is 2. The van der Waals surface area contributed by atoms with Gasteiger partial charge < -0.3 is 5.11 Å². The van der Waals surface area contributed by atoms with E-state index in [1.165, 1.54) is 6.92 Å². The van der Waals surface area contributed by atoms with Crippen LogP contribution in [0.1, 0.15) is 6.92 Å². The van der Waals surface area contributed by atoms with Gasteiger partial charge in [0.05, 0.1) is 10.8 Å². The fourth-order valence-corrected chi connectivity index (χ4v) is 1.87. The van der Waals surface area contributed by atoms with Gasteiger partial charge in [-0.05, 0) is 19.1 Å². The second-order valence-corrected chi connectivity index (χ2v) is 4.36. The lowest BCUT2D eigenvalue weighted by Crippen LogP contribution is -2.21. The minimum Gasteiger partial charge on any atom is -0.480 e. The molecule has 13 heavy (non-hydrogen) atoms. The molecule has 0 saturated heterocycles. The Labute approximate surface area is 78.9 Å². The Bertz CT molecular complexity index is 321. The average Bonchev–Trinajstić information content (AvgIpc) is 2.17. The zero-order valence-corrected chi connectivity index (χ0v) is 7.95. The van der Waals surface area contributed by atoms with Crippen molar-refractivity contribution >= 4 is 16.8 Å². The molecule has 0 fully saturated rings. The van der Waals surface area contributed by atoms with Crippen molar-refractivity contribution in [3.8, 4) is 0 Å². The molecule has 0 aliphatic carbocycles. The number of aliphatic carboxylic acids is 1. The lowest BCUT2D eigenvalue weighted by molar-refractivity contribution is -0.136. The Balaban J connectivity index is 2.86. The highest BCUT2D eigenvalue weighted by Gasteiger charge is 2.19. The second kappa shape index (κ2) is 4.18. The fraction of sp³-hybridized carbons (Fsp3) is 0.222. The van der Waals surface area contributed by atoms with Gasteiger partial charge >= 0.3 is 5.97 Å². The molecule has 1 aromatic carbocycles. The molecule has 0 heterocycles. The minimum atomic E-state index is -1.46. The van der Waals surface area contributed by atoms with Crippen molar-refractivity contribution in [2.45, 2.75) is 17.1 Å². The Morgan fingerprint density at radius 3 is 2.38 bits per heavy atom. The van der Waals surface area contributed by atoms with Crippen LogP contribution in [0.5, 0.6) is 0 Å². The molecule has 0 aliphatic rings. The summed E-state index contributed by atoms with van der Waals surface area (Å²) in [5.41, 5.74) is 0. The molecule has 0 aliphatic heterocycles. The van der Waals surface area contributed by atoms with Gasteiger partial charge in [0.15, 0.2) is 0 Å². The van der Waals surface area contributed by atoms with E-state index in [1.807, 2.05) is 0 Å². The van der Waals surface area contributed by atoms with Crippen molar-refractivity contribution in [1.82, 2.24) is 0 Å². The summed E-state index contributed by atoms with van der Waals surface area (Å²) in [6.07, 6.45) is 0. The van der Waals surface area contributed by atoms with Gasteiger partial charge in [-0.2, -0.15) is 0 Å². The monoisotopic (exact) mass is 198 g/mol. The molecule has 0 saturated carbocycles. The van der Waals surface area contributed by atoms with E-state index in [0.717, 1.165) is 0 Å². The highest BCUT2D eigenvalue weighted by atomic mass is 32.2. The number of rotatable bonds is 3. The summed E-state index contributed by atoms with van der Waals surface area (Å²) in [5, 5.41) is 7.76. The average molecular weight is 198 g/mol. The zero-order chi connectivity index (χ0) is 9.84. The molecule has 3 nitrogen and oxygen atoms in total. The van der Waals surface area contributed by atoms with Crippen LogP contribution in [0.3, 0.4) is 0 Å². The lowest BCUT2D eigenvalue weighted by atomic mass is 10.4. The maximum Gasteiger partial charge on any atom is 0.319 e. The van der Waals surface area contributed by atoms with Gasteiger partial charge in [0.2, 0.25) is 0 Å². The number of hydrogen-bond donors (Lipinski definition) is 1. The molecule has 0 bridgehead atoms. The van der Waals surface area contributed by atoms with Crippen LogP contribution in [0.4, 0.5) is 0 Å². The van der Waals surface area contributed by atoms with Gasteiger partial charge in [-0.3, -0.25) is 9.00 Å². The van der Waals surface area contributed by atoms with Crippen LogP contribution in [-0.2, 0) is 15.6 Å². The lowest BCUT2D eigenvalue weighted by Gasteiger charge is -2.05. The highest BCUT2D eigenvalue weighted by Crippen LogP contribution is 2.10. The quantitative estimate of drug-likeness (QED) is 0.795. The van der Waals surface area contributed by atoms with Gasteiger partial charge in [0, 0.05) is 4.90 Å². The first-order chi connectivity index (χ1) is 6.13. The summed E-state index contributed by atoms with van der Waals surface area (Å²) in [7, 11) is -1.46. The third-order valence-corrected chi connectivity index (χ3v) is 3.23. The predicted octanol–water partition coefficient (Wildman–Crippen LogP) is 1.27. The van der Waals surface area contributed by atoms with Gasteiger partial charge in [-0.15, -0.1) is 0 Å². The molecule has 1 rings (SSSR count). The van der Waals surface area contributed by atoms with Gasteiger partial charge in [0.25, 0.3) is 0 Å². The van der Waals surface area contributed by atoms with Crippen LogP contribution >= 0.6 is 0 Å². The van der Waals surface area contributed by atoms with E-state index in [1.54, 1.807) is 30.3 Å². The largest absolute Gasteiger partial charge is 0.480 e. The molecule has 0 amide bonds.